The van der Waals surface area contributed by atoms with Crippen LogP contribution in [-0.2, 0) is 14.3 Å². The summed E-state index contributed by atoms with van der Waals surface area (Å²) in [6.07, 6.45) is -3.76. The molecule has 0 aromatic heterocycles. The summed E-state index contributed by atoms with van der Waals surface area (Å²) >= 11 is 0. The van der Waals surface area contributed by atoms with Crippen molar-refractivity contribution in [2.45, 2.75) is 51.3 Å². The number of esters is 1. The summed E-state index contributed by atoms with van der Waals surface area (Å²) < 4.78 is 10.2. The first-order valence-electron chi connectivity index (χ1n) is 4.62. The Morgan fingerprint density at radius 3 is 2.29 bits per heavy atom. The predicted octanol–water partition coefficient (Wildman–Crippen LogP) is -0.553. The van der Waals surface area contributed by atoms with Gasteiger partial charge >= 0.3 is 5.97 Å². The molecule has 1 rings (SSSR count). The summed E-state index contributed by atoms with van der Waals surface area (Å²) in [4.78, 5) is 10.7. The lowest BCUT2D eigenvalue weighted by molar-refractivity contribution is -0.224. The Morgan fingerprint density at radius 2 is 1.79 bits per heavy atom. The summed E-state index contributed by atoms with van der Waals surface area (Å²) in [5.74, 6) is -0.494. The first kappa shape index (κ1) is 11.4. The predicted molar refractivity (Wildman–Crippen MR) is 47.6 cm³/mol. The van der Waals surface area contributed by atoms with Gasteiger partial charge < -0.3 is 19.7 Å². The lowest BCUT2D eigenvalue weighted by Gasteiger charge is -2.39. The van der Waals surface area contributed by atoms with Crippen LogP contribution in [0.25, 0.3) is 0 Å². The van der Waals surface area contributed by atoms with E-state index in [0.717, 1.165) is 0 Å². The zero-order chi connectivity index (χ0) is 10.9. The van der Waals surface area contributed by atoms with E-state index in [1.807, 2.05) is 0 Å². The highest BCUT2D eigenvalue weighted by molar-refractivity contribution is 5.66. The number of rotatable bonds is 1. The van der Waals surface area contributed by atoms with Crippen LogP contribution in [-0.4, -0.2) is 46.7 Å². The molecule has 14 heavy (non-hydrogen) atoms. The van der Waals surface area contributed by atoms with Crippen LogP contribution in [0, 0.1) is 0 Å². The number of aliphatic hydroxyl groups excluding tert-OH is 2. The van der Waals surface area contributed by atoms with Gasteiger partial charge in [-0.2, -0.15) is 0 Å². The molecule has 1 saturated heterocycles. The average molecular weight is 204 g/mol. The zero-order valence-corrected chi connectivity index (χ0v) is 8.51. The van der Waals surface area contributed by atoms with E-state index in [1.54, 1.807) is 13.8 Å². The molecular weight excluding hydrogens is 188 g/mol. The third-order valence-corrected chi connectivity index (χ3v) is 2.36. The van der Waals surface area contributed by atoms with E-state index >= 15 is 0 Å². The highest BCUT2D eigenvalue weighted by atomic mass is 16.6. The van der Waals surface area contributed by atoms with Crippen molar-refractivity contribution in [3.8, 4) is 0 Å². The van der Waals surface area contributed by atoms with Crippen molar-refractivity contribution >= 4 is 5.97 Å². The lowest BCUT2D eigenvalue weighted by atomic mass is 9.96. The standard InChI is InChI=1S/C9H16O5/c1-4-7(11)8(12)9(5(2)13-4)14-6(3)10/h4-5,7-9,11-12H,1-3H3/t4?,5-,7?,8-,9?/m1/s1. The topological polar surface area (TPSA) is 76.0 Å². The Balaban J connectivity index is 2.68. The van der Waals surface area contributed by atoms with Crippen molar-refractivity contribution in [3.05, 3.63) is 0 Å². The minimum absolute atomic E-state index is 0.410. The largest absolute Gasteiger partial charge is 0.457 e. The third-order valence-electron chi connectivity index (χ3n) is 2.36. The Labute approximate surface area is 82.6 Å². The maximum Gasteiger partial charge on any atom is 0.303 e. The van der Waals surface area contributed by atoms with Crippen molar-refractivity contribution in [3.63, 3.8) is 0 Å². The fourth-order valence-corrected chi connectivity index (χ4v) is 1.60. The van der Waals surface area contributed by atoms with Crippen molar-refractivity contribution in [2.24, 2.45) is 0 Å². The van der Waals surface area contributed by atoms with Crippen LogP contribution in [0.15, 0.2) is 0 Å². The normalized spacial score (nSPS) is 43.4. The Kier molecular flexibility index (Phi) is 3.47. The summed E-state index contributed by atoms with van der Waals surface area (Å²) in [6, 6.07) is 0. The minimum Gasteiger partial charge on any atom is -0.457 e. The molecule has 1 aliphatic heterocycles. The van der Waals surface area contributed by atoms with E-state index in [2.05, 4.69) is 0 Å². The van der Waals surface area contributed by atoms with E-state index in [0.29, 0.717) is 0 Å². The van der Waals surface area contributed by atoms with Gasteiger partial charge in [-0.15, -0.1) is 0 Å². The van der Waals surface area contributed by atoms with Gasteiger partial charge in [0, 0.05) is 6.92 Å². The van der Waals surface area contributed by atoms with Crippen LogP contribution in [0.4, 0.5) is 0 Å². The van der Waals surface area contributed by atoms with Crippen LogP contribution in [0.3, 0.4) is 0 Å². The van der Waals surface area contributed by atoms with Crippen molar-refractivity contribution in [1.82, 2.24) is 0 Å². The maximum absolute atomic E-state index is 10.7. The SMILES string of the molecule is CC(=O)OC1[C@H](O)C(O)C(C)O[C@@H]1C. The van der Waals surface area contributed by atoms with Crippen LogP contribution in [0.1, 0.15) is 20.8 Å². The number of aliphatic hydroxyl groups is 2. The molecule has 82 valence electrons. The molecule has 5 atom stereocenters. The average Bonchev–Trinajstić information content (AvgIpc) is 2.09. The molecule has 5 heteroatoms. The van der Waals surface area contributed by atoms with Crippen LogP contribution < -0.4 is 0 Å². The van der Waals surface area contributed by atoms with Crippen molar-refractivity contribution in [1.29, 1.82) is 0 Å². The number of carbonyl (C=O) groups is 1. The highest BCUT2D eigenvalue weighted by Gasteiger charge is 2.42. The smallest absolute Gasteiger partial charge is 0.303 e. The van der Waals surface area contributed by atoms with Gasteiger partial charge in [-0.1, -0.05) is 0 Å². The number of ether oxygens (including phenoxy) is 2. The van der Waals surface area contributed by atoms with E-state index in [-0.39, 0.29) is 0 Å². The Hall–Kier alpha value is -0.650. The molecule has 5 nitrogen and oxygen atoms in total. The molecule has 0 saturated carbocycles. The maximum atomic E-state index is 10.7. The van der Waals surface area contributed by atoms with E-state index < -0.39 is 36.5 Å². The zero-order valence-electron chi connectivity index (χ0n) is 8.51. The Morgan fingerprint density at radius 1 is 1.21 bits per heavy atom. The fraction of sp³-hybridized carbons (Fsp3) is 0.889. The summed E-state index contributed by atoms with van der Waals surface area (Å²) in [6.45, 7) is 4.61. The first-order valence-corrected chi connectivity index (χ1v) is 4.62. The highest BCUT2D eigenvalue weighted by Crippen LogP contribution is 2.22. The molecule has 2 N–H and O–H groups in total. The molecule has 0 spiro atoms. The van der Waals surface area contributed by atoms with Gasteiger partial charge in [0.25, 0.3) is 0 Å². The molecule has 0 aromatic carbocycles. The summed E-state index contributed by atoms with van der Waals surface area (Å²) in [5, 5.41) is 19.1. The molecule has 3 unspecified atom stereocenters. The quantitative estimate of drug-likeness (QED) is 0.560. The van der Waals surface area contributed by atoms with Gasteiger partial charge in [-0.25, -0.2) is 0 Å². The molecule has 0 amide bonds. The van der Waals surface area contributed by atoms with Gasteiger partial charge in [0.05, 0.1) is 12.2 Å². The van der Waals surface area contributed by atoms with Gasteiger partial charge in [0.1, 0.15) is 12.2 Å². The van der Waals surface area contributed by atoms with Crippen molar-refractivity contribution < 1.29 is 24.5 Å². The van der Waals surface area contributed by atoms with E-state index in [1.165, 1.54) is 6.92 Å². The third kappa shape index (κ3) is 2.23. The Bertz CT molecular complexity index is 217. The monoisotopic (exact) mass is 204 g/mol. The molecule has 0 radical (unpaired) electrons. The molecule has 0 bridgehead atoms. The second-order valence-electron chi connectivity index (χ2n) is 3.60. The fourth-order valence-electron chi connectivity index (χ4n) is 1.60. The number of carbonyl (C=O) groups excluding carboxylic acids is 1. The molecule has 1 fully saturated rings. The lowest BCUT2D eigenvalue weighted by Crippen LogP contribution is -2.57. The molecule has 0 aliphatic carbocycles. The molecular formula is C9H16O5. The second-order valence-corrected chi connectivity index (χ2v) is 3.60. The van der Waals surface area contributed by atoms with Crippen LogP contribution in [0.2, 0.25) is 0 Å². The number of hydrogen-bond acceptors (Lipinski definition) is 5. The molecule has 1 aliphatic rings. The van der Waals surface area contributed by atoms with Gasteiger partial charge in [-0.05, 0) is 13.8 Å². The summed E-state index contributed by atoms with van der Waals surface area (Å²) in [5.41, 5.74) is 0. The minimum atomic E-state index is -1.09. The van der Waals surface area contributed by atoms with Crippen LogP contribution in [0.5, 0.6) is 0 Å². The molecule has 0 aromatic rings. The van der Waals surface area contributed by atoms with Gasteiger partial charge in [0.2, 0.25) is 0 Å². The second kappa shape index (κ2) is 4.25. The van der Waals surface area contributed by atoms with E-state index in [9.17, 15) is 15.0 Å². The summed E-state index contributed by atoms with van der Waals surface area (Å²) in [7, 11) is 0. The first-order chi connectivity index (χ1) is 6.43. The van der Waals surface area contributed by atoms with E-state index in [4.69, 9.17) is 9.47 Å². The van der Waals surface area contributed by atoms with Crippen LogP contribution >= 0.6 is 0 Å². The van der Waals surface area contributed by atoms with Gasteiger partial charge in [0.15, 0.2) is 6.10 Å². The number of hydrogen-bond donors (Lipinski definition) is 2. The molecule has 1 heterocycles. The van der Waals surface area contributed by atoms with Gasteiger partial charge in [-0.3, -0.25) is 4.79 Å². The van der Waals surface area contributed by atoms with Crippen molar-refractivity contribution in [2.75, 3.05) is 0 Å².